The van der Waals surface area contributed by atoms with Crippen molar-refractivity contribution in [2.24, 2.45) is 4.99 Å². The molecule has 3 rings (SSSR count). The smallest absolute Gasteiger partial charge is 0.229 e. The van der Waals surface area contributed by atoms with Gasteiger partial charge in [0.2, 0.25) is 5.95 Å². The van der Waals surface area contributed by atoms with Crippen LogP contribution in [-0.4, -0.2) is 34.0 Å². The van der Waals surface area contributed by atoms with Crippen LogP contribution >= 0.6 is 0 Å². The molecule has 2 aromatic carbocycles. The average Bonchev–Trinajstić information content (AvgIpc) is 2.80. The van der Waals surface area contributed by atoms with E-state index < -0.39 is 0 Å². The number of benzene rings is 2. The minimum Gasteiger partial charge on any atom is -0.508 e. The molecule has 178 valence electrons. The number of anilines is 4. The number of hydrogen-bond acceptors (Lipinski definition) is 6. The fraction of sp³-hybridized carbons (Fsp3) is 0.296. The van der Waals surface area contributed by atoms with Gasteiger partial charge in [-0.1, -0.05) is 38.6 Å². The van der Waals surface area contributed by atoms with Gasteiger partial charge in [-0.15, -0.1) is 0 Å². The number of aromatic hydroxyl groups is 1. The molecular formula is C27H34N6O. The molecule has 3 N–H and O–H groups in total. The first kappa shape index (κ1) is 24.8. The molecule has 0 unspecified atom stereocenters. The van der Waals surface area contributed by atoms with E-state index in [0.717, 1.165) is 48.7 Å². The molecule has 0 amide bonds. The Morgan fingerprint density at radius 3 is 2.38 bits per heavy atom. The fourth-order valence-electron chi connectivity index (χ4n) is 3.65. The number of phenolic OH excluding ortho intramolecular Hbond substituents is 1. The lowest BCUT2D eigenvalue weighted by Crippen LogP contribution is -2.27. The summed E-state index contributed by atoms with van der Waals surface area (Å²) in [5.74, 6) is 2.03. The topological polar surface area (TPSA) is 85.7 Å². The van der Waals surface area contributed by atoms with Crippen LogP contribution in [0.5, 0.6) is 5.75 Å². The Morgan fingerprint density at radius 2 is 1.74 bits per heavy atom. The number of aryl methyl sites for hydroxylation is 2. The van der Waals surface area contributed by atoms with Crippen molar-refractivity contribution < 1.29 is 5.11 Å². The van der Waals surface area contributed by atoms with Gasteiger partial charge in [-0.3, -0.25) is 0 Å². The largest absolute Gasteiger partial charge is 0.508 e. The summed E-state index contributed by atoms with van der Waals surface area (Å²) in [5, 5.41) is 16.4. The summed E-state index contributed by atoms with van der Waals surface area (Å²) >= 11 is 0. The lowest BCUT2D eigenvalue weighted by Gasteiger charge is -2.25. The molecule has 0 spiro atoms. The number of nitrogens with one attached hydrogen (secondary N) is 2. The van der Waals surface area contributed by atoms with E-state index in [1.165, 1.54) is 0 Å². The van der Waals surface area contributed by atoms with Gasteiger partial charge in [0.05, 0.1) is 5.69 Å². The first-order valence-corrected chi connectivity index (χ1v) is 11.7. The number of rotatable bonds is 10. The molecule has 0 aliphatic carbocycles. The number of amidine groups is 1. The maximum absolute atomic E-state index is 9.81. The van der Waals surface area contributed by atoms with Crippen molar-refractivity contribution in [3.8, 4) is 5.75 Å². The maximum atomic E-state index is 9.81. The van der Waals surface area contributed by atoms with E-state index in [4.69, 9.17) is 9.98 Å². The van der Waals surface area contributed by atoms with E-state index in [-0.39, 0.29) is 5.75 Å². The molecule has 34 heavy (non-hydrogen) atoms. The number of hydrogen-bond donors (Lipinski definition) is 3. The third kappa shape index (κ3) is 6.57. The second kappa shape index (κ2) is 11.8. The van der Waals surface area contributed by atoms with Crippen molar-refractivity contribution in [1.29, 1.82) is 0 Å². The maximum Gasteiger partial charge on any atom is 0.229 e. The van der Waals surface area contributed by atoms with E-state index in [1.807, 2.05) is 25.1 Å². The zero-order valence-electron chi connectivity index (χ0n) is 20.5. The summed E-state index contributed by atoms with van der Waals surface area (Å²) in [6.45, 7) is 13.9. The molecule has 0 radical (unpaired) electrons. The van der Waals surface area contributed by atoms with E-state index >= 15 is 0 Å². The predicted octanol–water partition coefficient (Wildman–Crippen LogP) is 6.50. The normalized spacial score (nSPS) is 11.2. The first-order valence-electron chi connectivity index (χ1n) is 11.7. The summed E-state index contributed by atoms with van der Waals surface area (Å²) < 4.78 is 0. The van der Waals surface area contributed by atoms with Crippen LogP contribution in [0.4, 0.5) is 28.8 Å². The van der Waals surface area contributed by atoms with Crippen molar-refractivity contribution in [3.63, 3.8) is 0 Å². The highest BCUT2D eigenvalue weighted by Gasteiger charge is 2.18. The van der Waals surface area contributed by atoms with Crippen LogP contribution in [0.2, 0.25) is 0 Å². The summed E-state index contributed by atoms with van der Waals surface area (Å²) in [5.41, 5.74) is 4.27. The van der Waals surface area contributed by atoms with Gasteiger partial charge in [0.1, 0.15) is 17.3 Å². The summed E-state index contributed by atoms with van der Waals surface area (Å²) in [4.78, 5) is 16.7. The van der Waals surface area contributed by atoms with Crippen LogP contribution < -0.4 is 15.5 Å². The van der Waals surface area contributed by atoms with Crippen molar-refractivity contribution in [2.75, 3.05) is 28.6 Å². The molecular weight excluding hydrogens is 424 g/mol. The van der Waals surface area contributed by atoms with Crippen LogP contribution in [-0.2, 0) is 0 Å². The van der Waals surface area contributed by atoms with Crippen molar-refractivity contribution >= 4 is 34.7 Å². The molecule has 0 saturated carbocycles. The van der Waals surface area contributed by atoms with Crippen LogP contribution in [0.3, 0.4) is 0 Å². The Bertz CT molecular complexity index is 1150. The predicted molar refractivity (Wildman–Crippen MR) is 143 cm³/mol. The average molecular weight is 459 g/mol. The first-order chi connectivity index (χ1) is 16.4. The molecule has 7 heteroatoms. The van der Waals surface area contributed by atoms with E-state index in [9.17, 15) is 5.11 Å². The number of nitrogens with zero attached hydrogens (tertiary/aromatic N) is 4. The molecule has 1 heterocycles. The van der Waals surface area contributed by atoms with Gasteiger partial charge in [-0.25, -0.2) is 9.98 Å². The van der Waals surface area contributed by atoms with Crippen LogP contribution in [0.25, 0.3) is 0 Å². The zero-order chi connectivity index (χ0) is 24.5. The van der Waals surface area contributed by atoms with Gasteiger partial charge in [0.15, 0.2) is 5.82 Å². The van der Waals surface area contributed by atoms with Gasteiger partial charge >= 0.3 is 0 Å². The molecule has 1 aromatic heterocycles. The molecule has 0 saturated heterocycles. The van der Waals surface area contributed by atoms with Crippen LogP contribution in [0.15, 0.2) is 66.2 Å². The quantitative estimate of drug-likeness (QED) is 0.238. The molecule has 0 aliphatic heterocycles. The molecule has 7 nitrogen and oxygen atoms in total. The highest BCUT2D eigenvalue weighted by atomic mass is 16.3. The molecule has 3 aromatic rings. The third-order valence-electron chi connectivity index (χ3n) is 5.14. The van der Waals surface area contributed by atoms with Crippen LogP contribution in [0, 0.1) is 13.8 Å². The summed E-state index contributed by atoms with van der Waals surface area (Å²) in [6, 6.07) is 15.0. The SMILES string of the molecule is C=CC(=Nc1c(C)nc(Nc2cccc(O)c2)nc1N(CCC)CCC)Nc1cccc(C)c1. The van der Waals surface area contributed by atoms with Gasteiger partial charge in [-0.05, 0) is 62.6 Å². The number of phenols is 1. The minimum atomic E-state index is 0.180. The third-order valence-corrected chi connectivity index (χ3v) is 5.14. The Labute approximate surface area is 202 Å². The Morgan fingerprint density at radius 1 is 1.03 bits per heavy atom. The van der Waals surface area contributed by atoms with Crippen LogP contribution in [0.1, 0.15) is 37.9 Å². The second-order valence-corrected chi connectivity index (χ2v) is 8.16. The summed E-state index contributed by atoms with van der Waals surface area (Å²) in [7, 11) is 0. The highest BCUT2D eigenvalue weighted by molar-refractivity contribution is 6.05. The number of aromatic nitrogens is 2. The molecule has 0 bridgehead atoms. The highest BCUT2D eigenvalue weighted by Crippen LogP contribution is 2.32. The Hall–Kier alpha value is -3.87. The summed E-state index contributed by atoms with van der Waals surface area (Å²) in [6.07, 6.45) is 3.67. The zero-order valence-corrected chi connectivity index (χ0v) is 20.5. The van der Waals surface area contributed by atoms with E-state index in [1.54, 1.807) is 24.3 Å². The standard InChI is InChI=1S/C27H34N6O/c1-6-15-33(16-7-2)26-25(31-24(8-3)29-21-12-9-11-19(4)17-21)20(5)28-27(32-26)30-22-13-10-14-23(34)18-22/h8-14,17-18,34H,3,6-7,15-16H2,1-2,4-5H3,(H,29,31)(H,28,30,32). The molecule has 0 atom stereocenters. The van der Waals surface area contributed by atoms with Gasteiger partial charge in [-0.2, -0.15) is 4.98 Å². The van der Waals surface area contributed by atoms with Gasteiger partial charge < -0.3 is 20.6 Å². The van der Waals surface area contributed by atoms with Crippen molar-refractivity contribution in [2.45, 2.75) is 40.5 Å². The number of aliphatic imine (C=N–C) groups is 1. The van der Waals surface area contributed by atoms with Gasteiger partial charge in [0, 0.05) is 30.5 Å². The van der Waals surface area contributed by atoms with Gasteiger partial charge in [0.25, 0.3) is 0 Å². The van der Waals surface area contributed by atoms with Crippen molar-refractivity contribution in [3.05, 3.63) is 72.4 Å². The molecule has 0 aliphatic rings. The van der Waals surface area contributed by atoms with E-state index in [2.05, 4.69) is 60.0 Å². The second-order valence-electron chi connectivity index (χ2n) is 8.16. The van der Waals surface area contributed by atoms with E-state index in [0.29, 0.717) is 23.2 Å². The monoisotopic (exact) mass is 458 g/mol. The van der Waals surface area contributed by atoms with Crippen molar-refractivity contribution in [1.82, 2.24) is 9.97 Å². The Kier molecular flexibility index (Phi) is 8.62. The lowest BCUT2D eigenvalue weighted by atomic mass is 10.2. The minimum absolute atomic E-state index is 0.180. The Balaban J connectivity index is 2.06. The lowest BCUT2D eigenvalue weighted by molar-refractivity contribution is 0.475. The molecule has 0 fully saturated rings. The fourth-order valence-corrected chi connectivity index (χ4v) is 3.65.